The van der Waals surface area contributed by atoms with Crippen LogP contribution < -0.4 is 10.2 Å². The number of rotatable bonds is 9. The van der Waals surface area contributed by atoms with Crippen LogP contribution in [0.1, 0.15) is 66.2 Å². The minimum absolute atomic E-state index is 0.305. The highest BCUT2D eigenvalue weighted by molar-refractivity contribution is 5.86. The number of nitrogens with one attached hydrogen (secondary N) is 1. The van der Waals surface area contributed by atoms with E-state index >= 15 is 0 Å². The number of ether oxygens (including phenoxy) is 1. The van der Waals surface area contributed by atoms with Gasteiger partial charge in [0.05, 0.1) is 6.61 Å². The van der Waals surface area contributed by atoms with E-state index in [1.165, 1.54) is 27.9 Å². The van der Waals surface area contributed by atoms with Gasteiger partial charge in [-0.05, 0) is 66.5 Å². The molecule has 1 amide bonds. The van der Waals surface area contributed by atoms with Gasteiger partial charge in [-0.2, -0.15) is 0 Å². The fourth-order valence-corrected chi connectivity index (χ4v) is 5.75. The average molecular weight is 493 g/mol. The second-order valence-corrected chi connectivity index (χ2v) is 9.88. The molecule has 190 valence electrons. The van der Waals surface area contributed by atoms with E-state index in [0.29, 0.717) is 24.9 Å². The van der Waals surface area contributed by atoms with E-state index in [0.717, 1.165) is 44.5 Å². The molecule has 3 aromatic carbocycles. The Bertz CT molecular complexity index is 1160. The van der Waals surface area contributed by atoms with Crippen LogP contribution in [0.15, 0.2) is 97.6 Å². The first kappa shape index (κ1) is 24.9. The summed E-state index contributed by atoms with van der Waals surface area (Å²) in [6.07, 6.45) is 10.4. The van der Waals surface area contributed by atoms with Crippen LogP contribution in [0.4, 0.5) is 16.2 Å². The summed E-state index contributed by atoms with van der Waals surface area (Å²) in [7, 11) is 0. The zero-order chi connectivity index (χ0) is 25.5. The third-order valence-electron chi connectivity index (χ3n) is 7.48. The van der Waals surface area contributed by atoms with Crippen molar-refractivity contribution < 1.29 is 9.53 Å². The molecule has 0 aliphatic carbocycles. The Balaban J connectivity index is 1.43. The lowest BCUT2D eigenvalue weighted by Crippen LogP contribution is -2.37. The Morgan fingerprint density at radius 1 is 0.865 bits per heavy atom. The lowest BCUT2D eigenvalue weighted by Gasteiger charge is -2.43. The molecule has 3 aromatic rings. The Labute approximate surface area is 220 Å². The molecule has 2 unspecified atom stereocenters. The van der Waals surface area contributed by atoms with Gasteiger partial charge in [-0.1, -0.05) is 78.9 Å². The zero-order valence-corrected chi connectivity index (χ0v) is 21.4. The first-order chi connectivity index (χ1) is 18.2. The lowest BCUT2D eigenvalue weighted by atomic mass is 9.76. The van der Waals surface area contributed by atoms with Gasteiger partial charge in [0.1, 0.15) is 0 Å². The van der Waals surface area contributed by atoms with Gasteiger partial charge in [0, 0.05) is 36.3 Å². The van der Waals surface area contributed by atoms with Crippen LogP contribution in [-0.2, 0) is 4.74 Å². The second-order valence-electron chi connectivity index (χ2n) is 9.88. The maximum Gasteiger partial charge on any atom is 0.411 e. The van der Waals surface area contributed by atoms with Crippen molar-refractivity contribution in [1.29, 1.82) is 0 Å². The first-order valence-corrected chi connectivity index (χ1v) is 13.5. The summed E-state index contributed by atoms with van der Waals surface area (Å²) in [5.41, 5.74) is 7.42. The number of hydrogen-bond donors (Lipinski definition) is 1. The summed E-state index contributed by atoms with van der Waals surface area (Å²) in [5.74, 6) is 0.610. The van der Waals surface area contributed by atoms with Crippen molar-refractivity contribution in [2.45, 2.75) is 43.9 Å². The number of carbonyl (C=O) groups excluding carboxylic acids is 1. The van der Waals surface area contributed by atoms with Crippen molar-refractivity contribution in [3.05, 3.63) is 120 Å². The van der Waals surface area contributed by atoms with Gasteiger partial charge in [-0.25, -0.2) is 4.79 Å². The van der Waals surface area contributed by atoms with E-state index in [1.807, 2.05) is 6.08 Å². The molecule has 2 heterocycles. The van der Waals surface area contributed by atoms with Gasteiger partial charge in [0.15, 0.2) is 0 Å². The van der Waals surface area contributed by atoms with Crippen molar-refractivity contribution in [1.82, 2.24) is 0 Å². The molecule has 0 spiro atoms. The summed E-state index contributed by atoms with van der Waals surface area (Å²) in [6.45, 7) is 6.20. The van der Waals surface area contributed by atoms with Crippen LogP contribution in [0.2, 0.25) is 0 Å². The molecule has 0 fully saturated rings. The van der Waals surface area contributed by atoms with E-state index in [9.17, 15) is 4.79 Å². The van der Waals surface area contributed by atoms with Crippen LogP contribution in [0, 0.1) is 0 Å². The number of benzene rings is 3. The highest BCUT2D eigenvalue weighted by atomic mass is 16.5. The van der Waals surface area contributed by atoms with Crippen LogP contribution in [-0.4, -0.2) is 25.8 Å². The minimum atomic E-state index is -0.400. The molecule has 0 radical (unpaired) electrons. The SMILES string of the molecule is C=CCCC=CCCOC(=O)Nc1cc2c3c(c1)C(c1ccccc1)CCN3CCC2c1ccccc1. The predicted octanol–water partition coefficient (Wildman–Crippen LogP) is 8.03. The quantitative estimate of drug-likeness (QED) is 0.243. The highest BCUT2D eigenvalue weighted by Gasteiger charge is 2.35. The van der Waals surface area contributed by atoms with Crippen LogP contribution in [0.25, 0.3) is 0 Å². The number of anilines is 2. The normalized spacial score (nSPS) is 18.3. The van der Waals surface area contributed by atoms with Gasteiger partial charge in [-0.3, -0.25) is 5.32 Å². The molecular formula is C33H36N2O2. The van der Waals surface area contributed by atoms with Gasteiger partial charge < -0.3 is 9.64 Å². The highest BCUT2D eigenvalue weighted by Crippen LogP contribution is 2.49. The van der Waals surface area contributed by atoms with E-state index in [-0.39, 0.29) is 0 Å². The third-order valence-corrected chi connectivity index (χ3v) is 7.48. The summed E-state index contributed by atoms with van der Waals surface area (Å²) in [4.78, 5) is 15.3. The Hall–Kier alpha value is -3.79. The summed E-state index contributed by atoms with van der Waals surface area (Å²) in [6, 6.07) is 25.9. The Morgan fingerprint density at radius 3 is 2.00 bits per heavy atom. The molecule has 0 saturated heterocycles. The molecule has 1 N–H and O–H groups in total. The van der Waals surface area contributed by atoms with E-state index in [1.54, 1.807) is 0 Å². The molecule has 0 saturated carbocycles. The van der Waals surface area contributed by atoms with E-state index < -0.39 is 6.09 Å². The number of nitrogens with zero attached hydrogens (tertiary/aromatic N) is 1. The molecule has 4 nitrogen and oxygen atoms in total. The van der Waals surface area contributed by atoms with Crippen molar-refractivity contribution in [2.75, 3.05) is 29.9 Å². The number of unbranched alkanes of at least 4 members (excludes halogenated alkanes) is 1. The third kappa shape index (κ3) is 5.80. The van der Waals surface area contributed by atoms with Crippen molar-refractivity contribution in [2.24, 2.45) is 0 Å². The summed E-state index contributed by atoms with van der Waals surface area (Å²) < 4.78 is 5.50. The van der Waals surface area contributed by atoms with E-state index in [2.05, 4.69) is 102 Å². The monoisotopic (exact) mass is 492 g/mol. The fraction of sp³-hybridized carbons (Fsp3) is 0.303. The number of amides is 1. The smallest absolute Gasteiger partial charge is 0.411 e. The number of allylic oxidation sites excluding steroid dienone is 2. The van der Waals surface area contributed by atoms with Crippen LogP contribution >= 0.6 is 0 Å². The Kier molecular flexibility index (Phi) is 8.05. The predicted molar refractivity (Wildman–Crippen MR) is 153 cm³/mol. The molecule has 4 heteroatoms. The minimum Gasteiger partial charge on any atom is -0.449 e. The van der Waals surface area contributed by atoms with Crippen LogP contribution in [0.3, 0.4) is 0 Å². The van der Waals surface area contributed by atoms with Gasteiger partial charge in [-0.15, -0.1) is 6.58 Å². The first-order valence-electron chi connectivity index (χ1n) is 13.5. The number of hydrogen-bond acceptors (Lipinski definition) is 3. The molecule has 0 aromatic heterocycles. The van der Waals surface area contributed by atoms with Gasteiger partial charge in [0.2, 0.25) is 0 Å². The van der Waals surface area contributed by atoms with Gasteiger partial charge >= 0.3 is 6.09 Å². The molecule has 2 aliphatic heterocycles. The maximum absolute atomic E-state index is 12.7. The van der Waals surface area contributed by atoms with Crippen molar-refractivity contribution >= 4 is 17.5 Å². The second kappa shape index (κ2) is 12.0. The van der Waals surface area contributed by atoms with Crippen LogP contribution in [0.5, 0.6) is 0 Å². The molecular weight excluding hydrogens is 456 g/mol. The lowest BCUT2D eigenvalue weighted by molar-refractivity contribution is 0.163. The topological polar surface area (TPSA) is 41.6 Å². The molecule has 5 rings (SSSR count). The standard InChI is InChI=1S/C33H36N2O2/c1-2-3-4-5-6-13-22-37-33(36)34-27-23-30-28(25-14-9-7-10-15-25)18-20-35-21-19-29(31(24-27)32(30)35)26-16-11-8-12-17-26/h2,5-12,14-17,23-24,28-29H,1,3-4,13,18-22H2,(H,34,36). The van der Waals surface area contributed by atoms with Crippen molar-refractivity contribution in [3.63, 3.8) is 0 Å². The molecule has 37 heavy (non-hydrogen) atoms. The zero-order valence-electron chi connectivity index (χ0n) is 21.4. The maximum atomic E-state index is 12.7. The molecule has 2 aliphatic rings. The van der Waals surface area contributed by atoms with Crippen molar-refractivity contribution in [3.8, 4) is 0 Å². The molecule has 2 atom stereocenters. The largest absolute Gasteiger partial charge is 0.449 e. The Morgan fingerprint density at radius 2 is 1.43 bits per heavy atom. The summed E-state index contributed by atoms with van der Waals surface area (Å²) >= 11 is 0. The molecule has 0 bridgehead atoms. The average Bonchev–Trinajstić information content (AvgIpc) is 2.94. The van der Waals surface area contributed by atoms with Gasteiger partial charge in [0.25, 0.3) is 0 Å². The summed E-state index contributed by atoms with van der Waals surface area (Å²) in [5, 5.41) is 3.04. The number of carbonyl (C=O) groups is 1. The van der Waals surface area contributed by atoms with E-state index in [4.69, 9.17) is 4.74 Å². The fourth-order valence-electron chi connectivity index (χ4n) is 5.75.